The molecule has 1 heterocycles. The van der Waals surface area contributed by atoms with E-state index in [1.165, 1.54) is 12.0 Å². The zero-order valence-electron chi connectivity index (χ0n) is 19.0. The van der Waals surface area contributed by atoms with Gasteiger partial charge in [0.25, 0.3) is 0 Å². The number of rotatable bonds is 7. The van der Waals surface area contributed by atoms with E-state index in [0.717, 1.165) is 28.2 Å². The Morgan fingerprint density at radius 2 is 1.83 bits per heavy atom. The second-order valence-electron chi connectivity index (χ2n) is 8.13. The quantitative estimate of drug-likeness (QED) is 0.325. The lowest BCUT2D eigenvalue weighted by Crippen LogP contribution is -2.31. The average molecular weight is 546 g/mol. The van der Waals surface area contributed by atoms with Gasteiger partial charge in [-0.3, -0.25) is 9.69 Å². The molecule has 2 atom stereocenters. The van der Waals surface area contributed by atoms with Crippen molar-refractivity contribution in [3.8, 4) is 11.5 Å². The van der Waals surface area contributed by atoms with Crippen LogP contribution in [0.2, 0.25) is 0 Å². The molecule has 3 aromatic carbocycles. The van der Waals surface area contributed by atoms with Gasteiger partial charge in [0, 0.05) is 21.7 Å². The van der Waals surface area contributed by atoms with Crippen LogP contribution in [0.25, 0.3) is 0 Å². The van der Waals surface area contributed by atoms with Gasteiger partial charge in [-0.15, -0.1) is 0 Å². The zero-order chi connectivity index (χ0) is 25.1. The van der Waals surface area contributed by atoms with Crippen molar-refractivity contribution in [2.75, 3.05) is 7.11 Å². The van der Waals surface area contributed by atoms with Crippen LogP contribution in [0.4, 0.5) is 13.6 Å². The second-order valence-corrected chi connectivity index (χ2v) is 9.05. The molecule has 0 spiro atoms. The molecule has 1 aliphatic rings. The third-order valence-corrected chi connectivity index (χ3v) is 6.16. The summed E-state index contributed by atoms with van der Waals surface area (Å²) in [4.78, 5) is 25.8. The van der Waals surface area contributed by atoms with E-state index in [4.69, 9.17) is 14.2 Å². The van der Waals surface area contributed by atoms with Crippen LogP contribution in [0.5, 0.6) is 11.5 Å². The van der Waals surface area contributed by atoms with Gasteiger partial charge in [0.05, 0.1) is 26.1 Å². The summed E-state index contributed by atoms with van der Waals surface area (Å²) in [6.07, 6.45) is -1.31. The number of nitrogens with zero attached hydrogens (tertiary/aromatic N) is 1. The fraction of sp³-hybridized carbons (Fsp3) is 0.231. The molecule has 9 heteroatoms. The maximum Gasteiger partial charge on any atom is 0.411 e. The first-order valence-corrected chi connectivity index (χ1v) is 11.6. The third kappa shape index (κ3) is 5.79. The molecule has 4 rings (SSSR count). The maximum absolute atomic E-state index is 13.7. The maximum atomic E-state index is 13.7. The third-order valence-electron chi connectivity index (χ3n) is 5.67. The zero-order valence-corrected chi connectivity index (χ0v) is 20.6. The standard InChI is InChI=1S/C26H22BrF2NO5/c1-15-25(17-11-20(28)13-21(29)12-17)35-26(32)30(15)14-18-10-19(27)6-7-23(18)34-22-5-3-4-16(8-22)9-24(31)33-2/h3-8,10-13,15,25H,9,14H2,1-2H3/t15-,25-/m1/s1. The predicted octanol–water partition coefficient (Wildman–Crippen LogP) is 6.32. The molecule has 0 unspecified atom stereocenters. The van der Waals surface area contributed by atoms with E-state index < -0.39 is 29.9 Å². The van der Waals surface area contributed by atoms with Crippen molar-refractivity contribution in [2.45, 2.75) is 32.0 Å². The molecule has 1 fully saturated rings. The van der Waals surface area contributed by atoms with Gasteiger partial charge in [0.2, 0.25) is 0 Å². The van der Waals surface area contributed by atoms with Crippen molar-refractivity contribution >= 4 is 28.0 Å². The molecule has 6 nitrogen and oxygen atoms in total. The Hall–Kier alpha value is -3.46. The number of cyclic esters (lactones) is 1. The molecule has 0 saturated carbocycles. The van der Waals surface area contributed by atoms with Gasteiger partial charge in [0.15, 0.2) is 0 Å². The van der Waals surface area contributed by atoms with Crippen molar-refractivity contribution in [3.05, 3.63) is 93.5 Å². The number of hydrogen-bond donors (Lipinski definition) is 0. The first kappa shape index (κ1) is 24.7. The number of hydrogen-bond acceptors (Lipinski definition) is 5. The summed E-state index contributed by atoms with van der Waals surface area (Å²) < 4.78 is 44.5. The number of methoxy groups -OCH3 is 1. The van der Waals surface area contributed by atoms with Gasteiger partial charge in [-0.2, -0.15) is 0 Å². The van der Waals surface area contributed by atoms with Crippen LogP contribution < -0.4 is 4.74 Å². The van der Waals surface area contributed by atoms with Crippen LogP contribution in [-0.4, -0.2) is 30.1 Å². The van der Waals surface area contributed by atoms with Crippen LogP contribution in [0, 0.1) is 11.6 Å². The fourth-order valence-electron chi connectivity index (χ4n) is 3.94. The number of carbonyl (C=O) groups excluding carboxylic acids is 2. The van der Waals surface area contributed by atoms with Crippen LogP contribution in [0.1, 0.15) is 29.7 Å². The predicted molar refractivity (Wildman–Crippen MR) is 127 cm³/mol. The Morgan fingerprint density at radius 1 is 1.09 bits per heavy atom. The molecule has 3 aromatic rings. The van der Waals surface area contributed by atoms with Crippen LogP contribution in [0.15, 0.2) is 65.1 Å². The smallest absolute Gasteiger partial charge is 0.411 e. The van der Waals surface area contributed by atoms with Crippen molar-refractivity contribution in [1.29, 1.82) is 0 Å². The molecule has 182 valence electrons. The summed E-state index contributed by atoms with van der Waals surface area (Å²) in [6.45, 7) is 1.90. The fourth-order valence-corrected chi connectivity index (χ4v) is 4.35. The lowest BCUT2D eigenvalue weighted by atomic mass is 10.0. The van der Waals surface area contributed by atoms with Gasteiger partial charge in [-0.05, 0) is 55.0 Å². The summed E-state index contributed by atoms with van der Waals surface area (Å²) in [6, 6.07) is 15.1. The van der Waals surface area contributed by atoms with Gasteiger partial charge in [-0.1, -0.05) is 28.1 Å². The van der Waals surface area contributed by atoms with Crippen molar-refractivity contribution in [3.63, 3.8) is 0 Å². The molecule has 0 aromatic heterocycles. The van der Waals surface area contributed by atoms with E-state index in [-0.39, 0.29) is 24.5 Å². The minimum absolute atomic E-state index is 0.111. The van der Waals surface area contributed by atoms with Crippen LogP contribution in [-0.2, 0) is 27.2 Å². The highest BCUT2D eigenvalue weighted by Crippen LogP contribution is 2.36. The van der Waals surface area contributed by atoms with Crippen molar-refractivity contribution in [2.24, 2.45) is 0 Å². The van der Waals surface area contributed by atoms with E-state index >= 15 is 0 Å². The van der Waals surface area contributed by atoms with Gasteiger partial charge >= 0.3 is 12.1 Å². The monoisotopic (exact) mass is 545 g/mol. The number of ether oxygens (including phenoxy) is 3. The van der Waals surface area contributed by atoms with Gasteiger partial charge < -0.3 is 14.2 Å². The Kier molecular flexibility index (Phi) is 7.35. The van der Waals surface area contributed by atoms with Gasteiger partial charge in [0.1, 0.15) is 29.2 Å². The molecule has 0 radical (unpaired) electrons. The van der Waals surface area contributed by atoms with E-state index in [1.54, 1.807) is 43.3 Å². The van der Waals surface area contributed by atoms with Crippen LogP contribution >= 0.6 is 15.9 Å². The van der Waals surface area contributed by atoms with E-state index in [9.17, 15) is 18.4 Å². The largest absolute Gasteiger partial charge is 0.469 e. The van der Waals surface area contributed by atoms with Crippen LogP contribution in [0.3, 0.4) is 0 Å². The molecule has 1 amide bonds. The summed E-state index contributed by atoms with van der Waals surface area (Å²) in [5.41, 5.74) is 1.67. The Labute approximate surface area is 209 Å². The van der Waals surface area contributed by atoms with Gasteiger partial charge in [-0.25, -0.2) is 13.6 Å². The van der Waals surface area contributed by atoms with E-state index in [1.807, 2.05) is 6.07 Å². The minimum atomic E-state index is -0.820. The van der Waals surface area contributed by atoms with Crippen molar-refractivity contribution < 1.29 is 32.6 Å². The Balaban J connectivity index is 1.56. The number of halogens is 3. The second kappa shape index (κ2) is 10.4. The van der Waals surface area contributed by atoms with E-state index in [2.05, 4.69) is 15.9 Å². The number of benzene rings is 3. The summed E-state index contributed by atoms with van der Waals surface area (Å²) in [5, 5.41) is 0. The SMILES string of the molecule is COC(=O)Cc1cccc(Oc2ccc(Br)cc2CN2C(=O)O[C@@H](c3cc(F)cc(F)c3)[C@H]2C)c1. The molecule has 1 saturated heterocycles. The first-order chi connectivity index (χ1) is 16.7. The van der Waals surface area contributed by atoms with E-state index in [0.29, 0.717) is 17.1 Å². The molecular weight excluding hydrogens is 524 g/mol. The normalized spacial score (nSPS) is 17.3. The first-order valence-electron chi connectivity index (χ1n) is 10.8. The highest BCUT2D eigenvalue weighted by atomic mass is 79.9. The summed E-state index contributed by atoms with van der Waals surface area (Å²) in [5.74, 6) is -0.817. The molecule has 0 bridgehead atoms. The molecular formula is C26H22BrF2NO5. The molecule has 0 aliphatic carbocycles. The number of esters is 1. The lowest BCUT2D eigenvalue weighted by Gasteiger charge is -2.22. The minimum Gasteiger partial charge on any atom is -0.469 e. The molecule has 35 heavy (non-hydrogen) atoms. The topological polar surface area (TPSA) is 65.1 Å². The highest BCUT2D eigenvalue weighted by Gasteiger charge is 2.40. The Morgan fingerprint density at radius 3 is 2.54 bits per heavy atom. The number of carbonyl (C=O) groups is 2. The summed E-state index contributed by atoms with van der Waals surface area (Å²) in [7, 11) is 1.33. The average Bonchev–Trinajstić information content (AvgIpc) is 3.09. The molecule has 0 N–H and O–H groups in total. The Bertz CT molecular complexity index is 1250. The highest BCUT2D eigenvalue weighted by molar-refractivity contribution is 9.10. The number of amides is 1. The van der Waals surface area contributed by atoms with Crippen molar-refractivity contribution in [1.82, 2.24) is 4.90 Å². The summed E-state index contributed by atoms with van der Waals surface area (Å²) >= 11 is 3.45. The molecule has 1 aliphatic heterocycles. The lowest BCUT2D eigenvalue weighted by molar-refractivity contribution is -0.139.